The molecule has 0 spiro atoms. The average molecular weight is 95.2 g/mol. The summed E-state index contributed by atoms with van der Waals surface area (Å²) in [5.41, 5.74) is 0. The molecule has 0 amide bonds. The summed E-state index contributed by atoms with van der Waals surface area (Å²) in [6.45, 7) is 9.21. The second kappa shape index (κ2) is 3.66. The molecule has 39 valence electrons. The van der Waals surface area contributed by atoms with Gasteiger partial charge >= 0.3 is 0 Å². The van der Waals surface area contributed by atoms with Gasteiger partial charge in [-0.05, 0) is 12.8 Å². The van der Waals surface area contributed by atoms with Gasteiger partial charge in [-0.25, -0.2) is 0 Å². The molecule has 0 aliphatic rings. The van der Waals surface area contributed by atoms with E-state index in [2.05, 4.69) is 20.4 Å². The van der Waals surface area contributed by atoms with Crippen molar-refractivity contribution in [2.75, 3.05) is 0 Å². The Bertz CT molecular complexity index is 70.1. The highest BCUT2D eigenvalue weighted by Crippen LogP contribution is 1.94. The minimum atomic E-state index is 0.470. The lowest BCUT2D eigenvalue weighted by molar-refractivity contribution is 0.944. The monoisotopic (exact) mass is 95.1 g/mol. The predicted molar refractivity (Wildman–Crippen MR) is 33.9 cm³/mol. The summed E-state index contributed by atoms with van der Waals surface area (Å²) in [6.07, 6.45) is 5.65. The lowest BCUT2D eigenvalue weighted by Gasteiger charge is -1.90. The molecule has 0 heteroatoms. The number of allylic oxidation sites excluding steroid dienone is 3. The van der Waals surface area contributed by atoms with Crippen LogP contribution < -0.4 is 0 Å². The lowest BCUT2D eigenvalue weighted by Crippen LogP contribution is -1.77. The summed E-state index contributed by atoms with van der Waals surface area (Å²) in [7, 11) is 0. The Morgan fingerprint density at radius 1 is 1.57 bits per heavy atom. The van der Waals surface area contributed by atoms with Crippen LogP contribution in [0.15, 0.2) is 24.8 Å². The van der Waals surface area contributed by atoms with Gasteiger partial charge in [-0.1, -0.05) is 25.2 Å². The van der Waals surface area contributed by atoms with Crippen molar-refractivity contribution < 1.29 is 0 Å². The zero-order valence-electron chi connectivity index (χ0n) is 4.72. The van der Waals surface area contributed by atoms with Crippen molar-refractivity contribution in [3.63, 3.8) is 0 Å². The molecule has 1 unspecified atom stereocenters. The van der Waals surface area contributed by atoms with E-state index in [0.29, 0.717) is 5.92 Å². The summed E-state index contributed by atoms with van der Waals surface area (Å²) in [5.74, 6) is 0.470. The normalized spacial score (nSPS) is 14.6. The van der Waals surface area contributed by atoms with E-state index in [1.165, 1.54) is 0 Å². The van der Waals surface area contributed by atoms with Gasteiger partial charge in [0.05, 0.1) is 0 Å². The highest BCUT2D eigenvalue weighted by molar-refractivity contribution is 4.95. The minimum absolute atomic E-state index is 0.470. The Labute approximate surface area is 45.5 Å². The Kier molecular flexibility index (Phi) is 3.39. The van der Waals surface area contributed by atoms with Crippen LogP contribution >= 0.6 is 0 Å². The summed E-state index contributed by atoms with van der Waals surface area (Å²) < 4.78 is 0. The number of hydrogen-bond donors (Lipinski definition) is 0. The van der Waals surface area contributed by atoms with Crippen LogP contribution in [0.25, 0.3) is 0 Å². The third kappa shape index (κ3) is 3.31. The third-order valence-electron chi connectivity index (χ3n) is 0.811. The van der Waals surface area contributed by atoms with E-state index in [-0.39, 0.29) is 0 Å². The molecule has 0 heterocycles. The maximum Gasteiger partial charge on any atom is -0.00846 e. The maximum absolute atomic E-state index is 3.60. The average Bonchev–Trinajstić information content (AvgIpc) is 1.68. The maximum atomic E-state index is 3.60. The van der Waals surface area contributed by atoms with Crippen LogP contribution in [-0.4, -0.2) is 0 Å². The Morgan fingerprint density at radius 2 is 2.14 bits per heavy atom. The van der Waals surface area contributed by atoms with E-state index in [0.717, 1.165) is 0 Å². The van der Waals surface area contributed by atoms with Gasteiger partial charge in [-0.3, -0.25) is 0 Å². The zero-order valence-corrected chi connectivity index (χ0v) is 4.72. The van der Waals surface area contributed by atoms with E-state index in [1.807, 2.05) is 12.2 Å². The smallest absolute Gasteiger partial charge is 0.00846 e. The summed E-state index contributed by atoms with van der Waals surface area (Å²) >= 11 is 0. The lowest BCUT2D eigenvalue weighted by atomic mass is 10.2. The van der Waals surface area contributed by atoms with Crippen molar-refractivity contribution in [3.05, 3.63) is 31.7 Å². The van der Waals surface area contributed by atoms with Gasteiger partial charge in [0, 0.05) is 0 Å². The van der Waals surface area contributed by atoms with Gasteiger partial charge in [0.1, 0.15) is 0 Å². The molecule has 0 saturated heterocycles. The van der Waals surface area contributed by atoms with Crippen molar-refractivity contribution in [2.45, 2.75) is 6.92 Å². The quantitative estimate of drug-likeness (QED) is 0.461. The van der Waals surface area contributed by atoms with Gasteiger partial charge in [-0.2, -0.15) is 0 Å². The van der Waals surface area contributed by atoms with E-state index >= 15 is 0 Å². The highest BCUT2D eigenvalue weighted by atomic mass is 13.9. The van der Waals surface area contributed by atoms with E-state index in [9.17, 15) is 0 Å². The zero-order chi connectivity index (χ0) is 5.70. The number of hydrogen-bond acceptors (Lipinski definition) is 0. The summed E-state index contributed by atoms with van der Waals surface area (Å²) in [4.78, 5) is 0. The van der Waals surface area contributed by atoms with E-state index < -0.39 is 0 Å². The topological polar surface area (TPSA) is 0 Å². The van der Waals surface area contributed by atoms with Crippen LogP contribution in [0.4, 0.5) is 0 Å². The Balaban J connectivity index is 3.35. The fraction of sp³-hybridized carbons (Fsp3) is 0.286. The molecule has 0 aromatic rings. The van der Waals surface area contributed by atoms with Crippen molar-refractivity contribution in [1.29, 1.82) is 0 Å². The van der Waals surface area contributed by atoms with Crippen LogP contribution in [0.5, 0.6) is 0 Å². The van der Waals surface area contributed by atoms with E-state index in [4.69, 9.17) is 0 Å². The molecule has 0 aromatic carbocycles. The predicted octanol–water partition coefficient (Wildman–Crippen LogP) is 2.20. The van der Waals surface area contributed by atoms with Crippen molar-refractivity contribution >= 4 is 0 Å². The molecule has 0 fully saturated rings. The second-order valence-corrected chi connectivity index (χ2v) is 1.52. The van der Waals surface area contributed by atoms with Gasteiger partial charge in [-0.15, -0.1) is 6.58 Å². The molecule has 0 aliphatic heterocycles. The fourth-order valence-electron chi connectivity index (χ4n) is 0.293. The minimum Gasteiger partial charge on any atom is -0.102 e. The number of rotatable bonds is 2. The molecule has 0 nitrogen and oxygen atoms in total. The largest absolute Gasteiger partial charge is 0.102 e. The van der Waals surface area contributed by atoms with Crippen LogP contribution in [0.1, 0.15) is 6.92 Å². The second-order valence-electron chi connectivity index (χ2n) is 1.52. The van der Waals surface area contributed by atoms with Crippen LogP contribution in [0, 0.1) is 12.8 Å². The molecule has 0 bridgehead atoms. The first kappa shape index (κ1) is 6.48. The molecule has 0 saturated carbocycles. The van der Waals surface area contributed by atoms with Gasteiger partial charge in [0.15, 0.2) is 0 Å². The van der Waals surface area contributed by atoms with Crippen molar-refractivity contribution in [3.8, 4) is 0 Å². The molecule has 0 rings (SSSR count). The van der Waals surface area contributed by atoms with Gasteiger partial charge in [0.25, 0.3) is 0 Å². The summed E-state index contributed by atoms with van der Waals surface area (Å²) in [5, 5.41) is 0. The fourth-order valence-corrected chi connectivity index (χ4v) is 0.293. The highest BCUT2D eigenvalue weighted by Gasteiger charge is 1.81. The molecular weight excluding hydrogens is 84.1 g/mol. The van der Waals surface area contributed by atoms with Crippen molar-refractivity contribution in [1.82, 2.24) is 0 Å². The van der Waals surface area contributed by atoms with E-state index in [1.54, 1.807) is 6.08 Å². The standard InChI is InChI=1S/C7H11/c1-4-6-7(3)5-2/h4-7H,1-2H2,3H3. The molecule has 1 atom stereocenters. The Hall–Kier alpha value is -0.520. The van der Waals surface area contributed by atoms with Crippen LogP contribution in [0.2, 0.25) is 0 Å². The third-order valence-corrected chi connectivity index (χ3v) is 0.811. The molecule has 7 heavy (non-hydrogen) atoms. The van der Waals surface area contributed by atoms with Gasteiger partial charge in [0.2, 0.25) is 0 Å². The summed E-state index contributed by atoms with van der Waals surface area (Å²) in [6, 6.07) is 0. The van der Waals surface area contributed by atoms with Gasteiger partial charge < -0.3 is 0 Å². The van der Waals surface area contributed by atoms with Crippen molar-refractivity contribution in [2.24, 2.45) is 5.92 Å². The Morgan fingerprint density at radius 3 is 2.29 bits per heavy atom. The molecule has 1 radical (unpaired) electrons. The molecular formula is C7H11. The first-order valence-corrected chi connectivity index (χ1v) is 2.39. The van der Waals surface area contributed by atoms with Crippen LogP contribution in [0.3, 0.4) is 0 Å². The first-order valence-electron chi connectivity index (χ1n) is 2.39. The molecule has 0 aromatic heterocycles. The van der Waals surface area contributed by atoms with Crippen LogP contribution in [-0.2, 0) is 0 Å². The molecule has 0 N–H and O–H groups in total. The first-order chi connectivity index (χ1) is 3.31. The SMILES string of the molecule is [CH2]C=CC(C)C=C. The molecule has 0 aliphatic carbocycles.